The van der Waals surface area contributed by atoms with Crippen molar-refractivity contribution in [2.75, 3.05) is 0 Å². The average molecular weight is 412 g/mol. The van der Waals surface area contributed by atoms with Crippen molar-refractivity contribution < 1.29 is 9.90 Å². The number of fused-ring (bicyclic) bond motifs is 3. The van der Waals surface area contributed by atoms with E-state index in [2.05, 4.69) is 31.1 Å². The van der Waals surface area contributed by atoms with Gasteiger partial charge in [-0.2, -0.15) is 0 Å². The van der Waals surface area contributed by atoms with Gasteiger partial charge in [0.15, 0.2) is 5.78 Å². The molecule has 1 heterocycles. The zero-order chi connectivity index (χ0) is 20.9. The van der Waals surface area contributed by atoms with E-state index in [4.69, 9.17) is 0 Å². The number of aromatic nitrogens is 3. The lowest BCUT2D eigenvalue weighted by atomic mass is 9.48. The van der Waals surface area contributed by atoms with E-state index in [-0.39, 0.29) is 11.3 Å². The highest BCUT2D eigenvalue weighted by molar-refractivity contribution is 5.82. The molecule has 1 N–H and O–H groups in total. The smallest absolute Gasteiger partial charge is 0.157 e. The molecule has 0 bridgehead atoms. The number of hydrogen-bond donors (Lipinski definition) is 1. The van der Waals surface area contributed by atoms with Crippen molar-refractivity contribution in [3.05, 3.63) is 12.4 Å². The van der Waals surface area contributed by atoms with Crippen LogP contribution in [0, 0.1) is 45.8 Å². The van der Waals surface area contributed by atoms with Gasteiger partial charge in [0.25, 0.3) is 0 Å². The molecule has 164 valence electrons. The fourth-order valence-electron chi connectivity index (χ4n) is 10.2. The van der Waals surface area contributed by atoms with Crippen LogP contribution in [0.1, 0.15) is 78.6 Å². The van der Waals surface area contributed by atoms with Crippen LogP contribution in [0.3, 0.4) is 0 Å². The van der Waals surface area contributed by atoms with Crippen molar-refractivity contribution in [1.29, 1.82) is 0 Å². The molecule has 0 saturated heterocycles. The largest absolute Gasteiger partial charge is 0.390 e. The van der Waals surface area contributed by atoms with E-state index in [0.29, 0.717) is 29.1 Å². The summed E-state index contributed by atoms with van der Waals surface area (Å²) in [7, 11) is 0. The van der Waals surface area contributed by atoms with Crippen molar-refractivity contribution in [2.24, 2.45) is 45.8 Å². The fraction of sp³-hybridized carbons (Fsp3) is 0.880. The van der Waals surface area contributed by atoms with E-state index in [1.165, 1.54) is 38.5 Å². The molecule has 0 amide bonds. The summed E-state index contributed by atoms with van der Waals surface area (Å²) >= 11 is 0. The Kier molecular flexibility index (Phi) is 3.87. The highest BCUT2D eigenvalue weighted by Crippen LogP contribution is 2.86. The number of carbonyl (C=O) groups is 1. The molecule has 1 aromatic heterocycles. The van der Waals surface area contributed by atoms with E-state index >= 15 is 0 Å². The van der Waals surface area contributed by atoms with Gasteiger partial charge in [-0.05, 0) is 105 Å². The number of ketones is 1. The number of aliphatic hydroxyl groups is 1. The predicted octanol–water partition coefficient (Wildman–Crippen LogP) is 4.26. The van der Waals surface area contributed by atoms with Gasteiger partial charge in [0.05, 0.1) is 11.8 Å². The van der Waals surface area contributed by atoms with Crippen molar-refractivity contribution in [3.8, 4) is 0 Å². The van der Waals surface area contributed by atoms with Crippen molar-refractivity contribution >= 4 is 5.78 Å². The Bertz CT molecular complexity index is 866. The van der Waals surface area contributed by atoms with Crippen LogP contribution in [0.25, 0.3) is 0 Å². The van der Waals surface area contributed by atoms with Crippen LogP contribution in [-0.4, -0.2) is 31.5 Å². The summed E-state index contributed by atoms with van der Waals surface area (Å²) in [6.45, 7) is 7.38. The summed E-state index contributed by atoms with van der Waals surface area (Å²) in [6.07, 6.45) is 14.1. The summed E-state index contributed by atoms with van der Waals surface area (Å²) in [5, 5.41) is 18.7. The van der Waals surface area contributed by atoms with Gasteiger partial charge in [-0.15, -0.1) is 5.10 Å². The molecule has 5 aliphatic rings. The molecule has 9 atom stereocenters. The minimum atomic E-state index is -0.462. The first-order valence-corrected chi connectivity index (χ1v) is 12.3. The SMILES string of the molecule is C[C@@H]1[C@]23CC[C@H]4[C@@H]5CC[C@H](C(=O)Cn6ccnn6)[C@@]5(C)CC[C@@H]4[C@]12CC[C@@](C)(O)C3. The normalized spacial score (nSPS) is 53.9. The van der Waals surface area contributed by atoms with Gasteiger partial charge in [0.2, 0.25) is 0 Å². The summed E-state index contributed by atoms with van der Waals surface area (Å²) in [5.74, 6) is 3.61. The number of Topliss-reactive ketones (excluding diaryl/α,β-unsaturated/α-hetero) is 1. The number of rotatable bonds is 3. The van der Waals surface area contributed by atoms with E-state index in [1.807, 2.05) is 0 Å². The third kappa shape index (κ3) is 2.26. The van der Waals surface area contributed by atoms with Crippen LogP contribution in [-0.2, 0) is 11.3 Å². The highest BCUT2D eigenvalue weighted by Gasteiger charge is 2.81. The summed E-state index contributed by atoms with van der Waals surface area (Å²) in [6, 6.07) is 0. The first-order valence-electron chi connectivity index (χ1n) is 12.3. The standard InChI is InChI=1S/C25H37N3O2/c1-16-24-9-6-17-18-4-5-20(21(29)14-28-13-12-26-27-28)23(18,3)8-7-19(17)25(16,24)11-10-22(2,30)15-24/h12-13,16-20,30H,4-11,14-15H2,1-3H3/t16-,17+,18+,19+,20-,22-,23+,24-,25+/m1/s1. The Morgan fingerprint density at radius 3 is 2.70 bits per heavy atom. The molecular formula is C25H37N3O2. The minimum absolute atomic E-state index is 0.160. The van der Waals surface area contributed by atoms with Gasteiger partial charge in [-0.1, -0.05) is 19.1 Å². The molecule has 0 spiro atoms. The number of nitrogens with zero attached hydrogens (tertiary/aromatic N) is 3. The molecule has 5 heteroatoms. The van der Waals surface area contributed by atoms with Gasteiger partial charge < -0.3 is 5.11 Å². The average Bonchev–Trinajstić information content (AvgIpc) is 3.07. The maximum absolute atomic E-state index is 13.2. The molecule has 5 saturated carbocycles. The molecular weight excluding hydrogens is 374 g/mol. The molecule has 0 aromatic carbocycles. The van der Waals surface area contributed by atoms with E-state index in [1.54, 1.807) is 17.1 Å². The Labute approximate surface area is 180 Å². The molecule has 5 aliphatic carbocycles. The van der Waals surface area contributed by atoms with E-state index < -0.39 is 5.60 Å². The van der Waals surface area contributed by atoms with E-state index in [9.17, 15) is 9.90 Å². The monoisotopic (exact) mass is 411 g/mol. The number of hydrogen-bond acceptors (Lipinski definition) is 4. The van der Waals surface area contributed by atoms with Crippen LogP contribution in [0.5, 0.6) is 0 Å². The molecule has 5 fully saturated rings. The Balaban J connectivity index is 1.26. The maximum Gasteiger partial charge on any atom is 0.157 e. The molecule has 5 nitrogen and oxygen atoms in total. The summed E-state index contributed by atoms with van der Waals surface area (Å²) in [5.41, 5.74) is 0.594. The highest BCUT2D eigenvalue weighted by atomic mass is 16.3. The quantitative estimate of drug-likeness (QED) is 0.807. The second-order valence-electron chi connectivity index (χ2n) is 12.2. The van der Waals surface area contributed by atoms with Crippen LogP contribution in [0.15, 0.2) is 12.4 Å². The second kappa shape index (κ2) is 5.96. The zero-order valence-electron chi connectivity index (χ0n) is 18.8. The summed E-state index contributed by atoms with van der Waals surface area (Å²) in [4.78, 5) is 13.2. The Morgan fingerprint density at radius 1 is 1.10 bits per heavy atom. The minimum Gasteiger partial charge on any atom is -0.390 e. The van der Waals surface area contributed by atoms with E-state index in [0.717, 1.165) is 37.0 Å². The molecule has 0 aliphatic heterocycles. The van der Waals surface area contributed by atoms with Gasteiger partial charge in [-0.25, -0.2) is 4.68 Å². The van der Waals surface area contributed by atoms with Crippen molar-refractivity contribution in [2.45, 2.75) is 90.7 Å². The molecule has 1 aromatic rings. The lowest BCUT2D eigenvalue weighted by molar-refractivity contribution is -0.133. The lowest BCUT2D eigenvalue weighted by Crippen LogP contribution is -2.51. The lowest BCUT2D eigenvalue weighted by Gasteiger charge is -2.56. The second-order valence-corrected chi connectivity index (χ2v) is 12.2. The van der Waals surface area contributed by atoms with Crippen LogP contribution in [0.4, 0.5) is 0 Å². The van der Waals surface area contributed by atoms with Crippen LogP contribution in [0.2, 0.25) is 0 Å². The van der Waals surface area contributed by atoms with Crippen LogP contribution >= 0.6 is 0 Å². The molecule has 30 heavy (non-hydrogen) atoms. The zero-order valence-corrected chi connectivity index (χ0v) is 18.8. The van der Waals surface area contributed by atoms with Gasteiger partial charge in [0.1, 0.15) is 6.54 Å². The van der Waals surface area contributed by atoms with Crippen molar-refractivity contribution in [3.63, 3.8) is 0 Å². The molecule has 0 unspecified atom stereocenters. The van der Waals surface area contributed by atoms with Gasteiger partial charge in [-0.3, -0.25) is 4.79 Å². The number of carbonyl (C=O) groups excluding carboxylic acids is 1. The van der Waals surface area contributed by atoms with Gasteiger partial charge >= 0.3 is 0 Å². The molecule has 0 radical (unpaired) electrons. The maximum atomic E-state index is 13.2. The first kappa shape index (κ1) is 19.5. The molecule has 6 rings (SSSR count). The predicted molar refractivity (Wildman–Crippen MR) is 113 cm³/mol. The summed E-state index contributed by atoms with van der Waals surface area (Å²) < 4.78 is 1.69. The fourth-order valence-corrected chi connectivity index (χ4v) is 10.2. The third-order valence-corrected chi connectivity index (χ3v) is 11.4. The van der Waals surface area contributed by atoms with Crippen molar-refractivity contribution in [1.82, 2.24) is 15.0 Å². The Hall–Kier alpha value is -1.23. The Morgan fingerprint density at radius 2 is 1.93 bits per heavy atom. The topological polar surface area (TPSA) is 68.0 Å². The van der Waals surface area contributed by atoms with Gasteiger partial charge in [0, 0.05) is 12.1 Å². The first-order chi connectivity index (χ1) is 14.2. The van der Waals surface area contributed by atoms with Crippen LogP contribution < -0.4 is 0 Å². The third-order valence-electron chi connectivity index (χ3n) is 11.4.